The molecule has 2 N–H and O–H groups in total. The number of nitrogen functional groups attached to an aromatic ring is 1. The van der Waals surface area contributed by atoms with E-state index in [1.54, 1.807) is 16.3 Å². The van der Waals surface area contributed by atoms with Crippen LogP contribution in [0.15, 0.2) is 26.9 Å². The summed E-state index contributed by atoms with van der Waals surface area (Å²) in [6.07, 6.45) is 0.466. The van der Waals surface area contributed by atoms with Crippen LogP contribution in [0.4, 0.5) is 11.4 Å². The molecule has 2 aliphatic rings. The first-order chi connectivity index (χ1) is 17.8. The molecule has 3 atom stereocenters. The van der Waals surface area contributed by atoms with E-state index in [1.807, 2.05) is 39.5 Å². The molecular formula is C27H32N4O5S2. The molecule has 2 saturated heterocycles. The Labute approximate surface area is 226 Å². The molecule has 0 saturated carbocycles. The molecule has 0 spiro atoms. The standard InChI is InChI=1S/C27H32N4O5S2/c1-7-27(13-31(27)24-16(4)23(28)14(2)10-19(24)18(6)32)26(33)25-21(8-9-37-25)38(34,35)22-12-30(22)11-20-15(3)17(5)29-36-20/h8-10,22H,7,11-13,28H2,1-6H3. The Kier molecular flexibility index (Phi) is 6.32. The van der Waals surface area contributed by atoms with E-state index in [-0.39, 0.29) is 21.3 Å². The molecule has 3 unspecified atom stereocenters. The molecule has 2 aliphatic heterocycles. The molecule has 2 aromatic heterocycles. The third-order valence-corrected chi connectivity index (χ3v) is 11.2. The fourth-order valence-electron chi connectivity index (χ4n) is 5.23. The molecule has 38 heavy (non-hydrogen) atoms. The number of carbonyl (C=O) groups excluding carboxylic acids is 2. The van der Waals surface area contributed by atoms with Gasteiger partial charge in [-0.3, -0.25) is 14.5 Å². The van der Waals surface area contributed by atoms with Crippen LogP contribution in [0, 0.1) is 27.7 Å². The van der Waals surface area contributed by atoms with Crippen LogP contribution in [0.5, 0.6) is 0 Å². The number of aryl methyl sites for hydroxylation is 2. The van der Waals surface area contributed by atoms with Gasteiger partial charge in [0.2, 0.25) is 5.78 Å². The lowest BCUT2D eigenvalue weighted by molar-refractivity contribution is 0.0946. The molecule has 0 amide bonds. The zero-order valence-corrected chi connectivity index (χ0v) is 24.0. The van der Waals surface area contributed by atoms with E-state index < -0.39 is 20.8 Å². The average Bonchev–Trinajstić information content (AvgIpc) is 3.72. The summed E-state index contributed by atoms with van der Waals surface area (Å²) in [6, 6.07) is 3.30. The van der Waals surface area contributed by atoms with Crippen LogP contribution in [0.25, 0.3) is 0 Å². The number of ketones is 2. The monoisotopic (exact) mass is 556 g/mol. The quantitative estimate of drug-likeness (QED) is 0.234. The normalized spacial score (nSPS) is 22.5. The van der Waals surface area contributed by atoms with E-state index in [0.717, 1.165) is 33.7 Å². The summed E-state index contributed by atoms with van der Waals surface area (Å²) < 4.78 is 32.6. The van der Waals surface area contributed by atoms with Crippen LogP contribution < -0.4 is 10.6 Å². The van der Waals surface area contributed by atoms with Crippen molar-refractivity contribution >= 4 is 44.1 Å². The van der Waals surface area contributed by atoms with Crippen LogP contribution in [-0.2, 0) is 16.4 Å². The Morgan fingerprint density at radius 2 is 1.95 bits per heavy atom. The summed E-state index contributed by atoms with van der Waals surface area (Å²) in [5, 5.41) is 4.89. The number of carbonyl (C=O) groups is 2. The van der Waals surface area contributed by atoms with Gasteiger partial charge < -0.3 is 15.2 Å². The summed E-state index contributed by atoms with van der Waals surface area (Å²) in [4.78, 5) is 30.6. The SMILES string of the molecule is CCC1(C(=O)c2sccc2S(=O)(=O)C2CN2Cc2onc(C)c2C)CN1c1c(C(C)=O)cc(C)c(N)c1C. The average molecular weight is 557 g/mol. The van der Waals surface area contributed by atoms with Crippen molar-refractivity contribution < 1.29 is 22.5 Å². The van der Waals surface area contributed by atoms with Gasteiger partial charge in [0.1, 0.15) is 10.9 Å². The third-order valence-electron chi connectivity index (χ3n) is 8.05. The minimum absolute atomic E-state index is 0.0667. The fourth-order valence-corrected chi connectivity index (χ4v) is 8.39. The lowest BCUT2D eigenvalue weighted by Gasteiger charge is -2.21. The minimum atomic E-state index is -3.78. The summed E-state index contributed by atoms with van der Waals surface area (Å²) in [6.45, 7) is 12.0. The van der Waals surface area contributed by atoms with E-state index in [1.165, 1.54) is 13.0 Å². The van der Waals surface area contributed by atoms with Gasteiger partial charge in [0.15, 0.2) is 21.4 Å². The molecule has 202 valence electrons. The number of hydrogen-bond donors (Lipinski definition) is 1. The van der Waals surface area contributed by atoms with E-state index >= 15 is 0 Å². The molecule has 0 aliphatic carbocycles. The zero-order valence-electron chi connectivity index (χ0n) is 22.4. The van der Waals surface area contributed by atoms with Crippen molar-refractivity contribution in [3.8, 4) is 0 Å². The van der Waals surface area contributed by atoms with Crippen molar-refractivity contribution in [3.63, 3.8) is 0 Å². The lowest BCUT2D eigenvalue weighted by atomic mass is 9.96. The second-order valence-electron chi connectivity index (χ2n) is 10.3. The Morgan fingerprint density at radius 1 is 1.24 bits per heavy atom. The Hall–Kier alpha value is -3.02. The minimum Gasteiger partial charge on any atom is -0.398 e. The molecule has 0 radical (unpaired) electrons. The first-order valence-electron chi connectivity index (χ1n) is 12.5. The highest BCUT2D eigenvalue weighted by atomic mass is 32.2. The highest BCUT2D eigenvalue weighted by Crippen LogP contribution is 2.49. The molecule has 1 aromatic carbocycles. The smallest absolute Gasteiger partial charge is 0.201 e. The third kappa shape index (κ3) is 3.99. The highest BCUT2D eigenvalue weighted by molar-refractivity contribution is 7.92. The van der Waals surface area contributed by atoms with Gasteiger partial charge in [-0.1, -0.05) is 12.1 Å². The molecular weight excluding hydrogens is 524 g/mol. The van der Waals surface area contributed by atoms with Crippen LogP contribution in [-0.4, -0.2) is 54.0 Å². The fraction of sp³-hybridized carbons (Fsp3) is 0.444. The molecule has 9 nitrogen and oxygen atoms in total. The molecule has 0 bridgehead atoms. The van der Waals surface area contributed by atoms with Crippen LogP contribution in [0.1, 0.15) is 68.4 Å². The van der Waals surface area contributed by atoms with Crippen molar-refractivity contribution in [3.05, 3.63) is 56.1 Å². The number of hydrogen-bond acceptors (Lipinski definition) is 10. The van der Waals surface area contributed by atoms with Crippen molar-refractivity contribution in [1.82, 2.24) is 10.1 Å². The first kappa shape index (κ1) is 26.6. The van der Waals surface area contributed by atoms with Crippen molar-refractivity contribution in [2.45, 2.75) is 70.3 Å². The van der Waals surface area contributed by atoms with Gasteiger partial charge in [0.05, 0.1) is 27.7 Å². The summed E-state index contributed by atoms with van der Waals surface area (Å²) in [5.41, 5.74) is 10.4. The van der Waals surface area contributed by atoms with Gasteiger partial charge in [0, 0.05) is 29.9 Å². The molecule has 11 heteroatoms. The van der Waals surface area contributed by atoms with Gasteiger partial charge >= 0.3 is 0 Å². The van der Waals surface area contributed by atoms with Crippen molar-refractivity contribution in [2.75, 3.05) is 23.7 Å². The predicted octanol–water partition coefficient (Wildman–Crippen LogP) is 4.22. The molecule has 3 aromatic rings. The van der Waals surface area contributed by atoms with Gasteiger partial charge in [0.25, 0.3) is 0 Å². The second-order valence-corrected chi connectivity index (χ2v) is 13.3. The van der Waals surface area contributed by atoms with Gasteiger partial charge in [-0.05, 0) is 69.7 Å². The van der Waals surface area contributed by atoms with E-state index in [2.05, 4.69) is 5.16 Å². The van der Waals surface area contributed by atoms with Crippen LogP contribution in [0.3, 0.4) is 0 Å². The number of benzene rings is 1. The number of anilines is 2. The Balaban J connectivity index is 1.44. The van der Waals surface area contributed by atoms with Crippen LogP contribution in [0.2, 0.25) is 0 Å². The number of sulfone groups is 1. The first-order valence-corrected chi connectivity index (χ1v) is 15.0. The maximum Gasteiger partial charge on any atom is 0.201 e. The summed E-state index contributed by atoms with van der Waals surface area (Å²) in [5.74, 6) is 0.297. The maximum atomic E-state index is 14.0. The van der Waals surface area contributed by atoms with E-state index in [4.69, 9.17) is 10.3 Å². The number of nitrogens with two attached hydrogens (primary N) is 1. The number of thiophene rings is 1. The predicted molar refractivity (Wildman–Crippen MR) is 147 cm³/mol. The number of aromatic nitrogens is 1. The molecule has 4 heterocycles. The Morgan fingerprint density at radius 3 is 2.55 bits per heavy atom. The van der Waals surface area contributed by atoms with Crippen LogP contribution >= 0.6 is 11.3 Å². The lowest BCUT2D eigenvalue weighted by Crippen LogP contribution is -2.31. The van der Waals surface area contributed by atoms with Gasteiger partial charge in [-0.25, -0.2) is 8.42 Å². The van der Waals surface area contributed by atoms with Crippen molar-refractivity contribution in [1.29, 1.82) is 0 Å². The molecule has 5 rings (SSSR count). The maximum absolute atomic E-state index is 14.0. The Bertz CT molecular complexity index is 1590. The topological polar surface area (TPSA) is 126 Å². The highest BCUT2D eigenvalue weighted by Gasteiger charge is 2.59. The zero-order chi connectivity index (χ0) is 27.7. The van der Waals surface area contributed by atoms with E-state index in [9.17, 15) is 18.0 Å². The van der Waals surface area contributed by atoms with Gasteiger partial charge in [-0.2, -0.15) is 0 Å². The molecule has 2 fully saturated rings. The number of Topliss-reactive ketones (excluding diaryl/α,β-unsaturated/α-hetero) is 2. The summed E-state index contributed by atoms with van der Waals surface area (Å²) in [7, 11) is -3.78. The van der Waals surface area contributed by atoms with Gasteiger partial charge in [-0.15, -0.1) is 11.3 Å². The largest absolute Gasteiger partial charge is 0.398 e. The van der Waals surface area contributed by atoms with Crippen molar-refractivity contribution in [2.24, 2.45) is 0 Å². The number of rotatable bonds is 9. The van der Waals surface area contributed by atoms with E-state index in [0.29, 0.717) is 48.8 Å². The summed E-state index contributed by atoms with van der Waals surface area (Å²) >= 11 is 1.15. The number of nitrogens with zero attached hydrogens (tertiary/aromatic N) is 3. The second kappa shape index (κ2) is 9.03.